The third kappa shape index (κ3) is 3.42. The second kappa shape index (κ2) is 6.72. The molecule has 1 unspecified atom stereocenters. The van der Waals surface area contributed by atoms with Crippen LogP contribution in [-0.2, 0) is 4.74 Å². The van der Waals surface area contributed by atoms with Gasteiger partial charge in [-0.1, -0.05) is 18.5 Å². The lowest BCUT2D eigenvalue weighted by atomic mass is 10.0. The Balaban J connectivity index is 2.35. The molecular weight excluding hydrogens is 266 g/mol. The SMILES string of the molecule is CCCC(OCC)c1noc(-c2cc(N)cc(C)c2C)n1. The number of rotatable bonds is 6. The van der Waals surface area contributed by atoms with Gasteiger partial charge in [0.05, 0.1) is 0 Å². The smallest absolute Gasteiger partial charge is 0.258 e. The number of hydrogen-bond acceptors (Lipinski definition) is 5. The summed E-state index contributed by atoms with van der Waals surface area (Å²) in [7, 11) is 0. The summed E-state index contributed by atoms with van der Waals surface area (Å²) in [5.74, 6) is 1.10. The average molecular weight is 289 g/mol. The summed E-state index contributed by atoms with van der Waals surface area (Å²) in [5.41, 5.74) is 9.71. The maximum atomic E-state index is 5.91. The summed E-state index contributed by atoms with van der Waals surface area (Å²) in [6.45, 7) is 8.75. The van der Waals surface area contributed by atoms with Gasteiger partial charge in [-0.25, -0.2) is 0 Å². The van der Waals surface area contributed by atoms with Crippen molar-refractivity contribution in [3.63, 3.8) is 0 Å². The highest BCUT2D eigenvalue weighted by Gasteiger charge is 2.20. The molecule has 2 aromatic rings. The number of nitrogens with two attached hydrogens (primary N) is 1. The molecule has 2 rings (SSSR count). The molecule has 1 atom stereocenters. The lowest BCUT2D eigenvalue weighted by Gasteiger charge is -2.11. The highest BCUT2D eigenvalue weighted by atomic mass is 16.5. The first-order chi connectivity index (χ1) is 10.1. The summed E-state index contributed by atoms with van der Waals surface area (Å²) in [6.07, 6.45) is 1.77. The minimum absolute atomic E-state index is 0.111. The first-order valence-electron chi connectivity index (χ1n) is 7.39. The summed E-state index contributed by atoms with van der Waals surface area (Å²) in [4.78, 5) is 4.50. The van der Waals surface area contributed by atoms with E-state index in [1.54, 1.807) is 0 Å². The summed E-state index contributed by atoms with van der Waals surface area (Å²) in [5, 5.41) is 4.08. The van der Waals surface area contributed by atoms with Gasteiger partial charge in [-0.2, -0.15) is 4.98 Å². The standard InChI is InChI=1S/C16H23N3O2/c1-5-7-14(20-6-2)15-18-16(21-19-15)13-9-12(17)8-10(3)11(13)4/h8-9,14H,5-7,17H2,1-4H3. The molecule has 1 heterocycles. The van der Waals surface area contributed by atoms with Gasteiger partial charge in [0.15, 0.2) is 0 Å². The van der Waals surface area contributed by atoms with Gasteiger partial charge in [0.1, 0.15) is 6.10 Å². The van der Waals surface area contributed by atoms with Crippen LogP contribution in [0.1, 0.15) is 49.7 Å². The quantitative estimate of drug-likeness (QED) is 0.818. The molecule has 0 saturated carbocycles. The molecule has 0 aliphatic carbocycles. The molecule has 0 aliphatic heterocycles. The maximum Gasteiger partial charge on any atom is 0.258 e. The van der Waals surface area contributed by atoms with Crippen LogP contribution >= 0.6 is 0 Å². The van der Waals surface area contributed by atoms with Crippen molar-refractivity contribution < 1.29 is 9.26 Å². The Bertz CT molecular complexity index is 602. The van der Waals surface area contributed by atoms with Crippen molar-refractivity contribution in [1.29, 1.82) is 0 Å². The normalized spacial score (nSPS) is 12.6. The first kappa shape index (κ1) is 15.5. The van der Waals surface area contributed by atoms with Gasteiger partial charge >= 0.3 is 0 Å². The van der Waals surface area contributed by atoms with Crippen LogP contribution in [-0.4, -0.2) is 16.7 Å². The second-order valence-corrected chi connectivity index (χ2v) is 5.20. The Morgan fingerprint density at radius 2 is 2.05 bits per heavy atom. The Morgan fingerprint density at radius 3 is 2.71 bits per heavy atom. The fourth-order valence-corrected chi connectivity index (χ4v) is 2.33. The molecule has 0 bridgehead atoms. The first-order valence-corrected chi connectivity index (χ1v) is 7.39. The van der Waals surface area contributed by atoms with Gasteiger partial charge in [-0.15, -0.1) is 0 Å². The predicted molar refractivity (Wildman–Crippen MR) is 82.9 cm³/mol. The molecule has 0 amide bonds. The van der Waals surface area contributed by atoms with Crippen LogP contribution in [0.25, 0.3) is 11.5 Å². The number of aromatic nitrogens is 2. The van der Waals surface area contributed by atoms with E-state index in [-0.39, 0.29) is 6.10 Å². The third-order valence-electron chi connectivity index (χ3n) is 3.57. The molecule has 5 nitrogen and oxygen atoms in total. The van der Waals surface area contributed by atoms with Crippen molar-refractivity contribution in [3.05, 3.63) is 29.1 Å². The van der Waals surface area contributed by atoms with Crippen LogP contribution in [0, 0.1) is 13.8 Å². The van der Waals surface area contributed by atoms with E-state index in [4.69, 9.17) is 15.0 Å². The highest BCUT2D eigenvalue weighted by molar-refractivity contribution is 5.66. The molecule has 1 aromatic carbocycles. The van der Waals surface area contributed by atoms with Crippen molar-refractivity contribution >= 4 is 5.69 Å². The molecule has 2 N–H and O–H groups in total. The summed E-state index contributed by atoms with van der Waals surface area (Å²) in [6, 6.07) is 3.81. The third-order valence-corrected chi connectivity index (χ3v) is 3.57. The monoisotopic (exact) mass is 289 g/mol. The van der Waals surface area contributed by atoms with Crippen molar-refractivity contribution in [2.45, 2.75) is 46.6 Å². The van der Waals surface area contributed by atoms with Gasteiger partial charge in [0, 0.05) is 17.9 Å². The Labute approximate surface area is 125 Å². The number of nitrogen functional groups attached to an aromatic ring is 1. The van der Waals surface area contributed by atoms with E-state index in [1.165, 1.54) is 0 Å². The van der Waals surface area contributed by atoms with Crippen LogP contribution in [0.4, 0.5) is 5.69 Å². The van der Waals surface area contributed by atoms with Crippen molar-refractivity contribution in [3.8, 4) is 11.5 Å². The minimum atomic E-state index is -0.111. The van der Waals surface area contributed by atoms with Crippen LogP contribution in [0.2, 0.25) is 0 Å². The Kier molecular flexibility index (Phi) is 4.96. The minimum Gasteiger partial charge on any atom is -0.399 e. The van der Waals surface area contributed by atoms with Crippen molar-refractivity contribution in [1.82, 2.24) is 10.1 Å². The largest absolute Gasteiger partial charge is 0.399 e. The van der Waals surface area contributed by atoms with Gasteiger partial charge in [0.25, 0.3) is 5.89 Å². The highest BCUT2D eigenvalue weighted by Crippen LogP contribution is 2.29. The molecule has 0 aliphatic rings. The zero-order valence-corrected chi connectivity index (χ0v) is 13.1. The maximum absolute atomic E-state index is 5.91. The van der Waals surface area contributed by atoms with E-state index < -0.39 is 0 Å². The Hall–Kier alpha value is -1.88. The van der Waals surface area contributed by atoms with Crippen LogP contribution in [0.5, 0.6) is 0 Å². The predicted octanol–water partition coefficient (Wildman–Crippen LogP) is 3.81. The molecular formula is C16H23N3O2. The molecule has 5 heteroatoms. The number of anilines is 1. The zero-order chi connectivity index (χ0) is 15.4. The van der Waals surface area contributed by atoms with Crippen LogP contribution < -0.4 is 5.73 Å². The fourth-order valence-electron chi connectivity index (χ4n) is 2.33. The molecule has 0 saturated heterocycles. The molecule has 114 valence electrons. The molecule has 21 heavy (non-hydrogen) atoms. The van der Waals surface area contributed by atoms with Crippen molar-refractivity contribution in [2.24, 2.45) is 0 Å². The van der Waals surface area contributed by atoms with E-state index in [2.05, 4.69) is 17.1 Å². The van der Waals surface area contributed by atoms with E-state index in [0.29, 0.717) is 24.0 Å². The van der Waals surface area contributed by atoms with Crippen LogP contribution in [0.15, 0.2) is 16.7 Å². The lowest BCUT2D eigenvalue weighted by Crippen LogP contribution is -2.06. The van der Waals surface area contributed by atoms with E-state index >= 15 is 0 Å². The van der Waals surface area contributed by atoms with Gasteiger partial charge in [0.2, 0.25) is 5.82 Å². The molecule has 0 radical (unpaired) electrons. The molecule has 0 fully saturated rings. The number of ether oxygens (including phenoxy) is 1. The molecule has 1 aromatic heterocycles. The number of aryl methyl sites for hydroxylation is 1. The molecule has 0 spiro atoms. The summed E-state index contributed by atoms with van der Waals surface area (Å²) >= 11 is 0. The fraction of sp³-hybridized carbons (Fsp3) is 0.500. The number of benzene rings is 1. The average Bonchev–Trinajstić information content (AvgIpc) is 2.92. The Morgan fingerprint density at radius 1 is 1.29 bits per heavy atom. The second-order valence-electron chi connectivity index (χ2n) is 5.20. The zero-order valence-electron chi connectivity index (χ0n) is 13.1. The van der Waals surface area contributed by atoms with E-state index in [0.717, 1.165) is 29.5 Å². The van der Waals surface area contributed by atoms with Crippen LogP contribution in [0.3, 0.4) is 0 Å². The van der Waals surface area contributed by atoms with Gasteiger partial charge in [-0.3, -0.25) is 0 Å². The topological polar surface area (TPSA) is 74.2 Å². The number of hydrogen-bond donors (Lipinski definition) is 1. The number of nitrogens with zero attached hydrogens (tertiary/aromatic N) is 2. The summed E-state index contributed by atoms with van der Waals surface area (Å²) < 4.78 is 11.1. The van der Waals surface area contributed by atoms with Gasteiger partial charge < -0.3 is 15.0 Å². The van der Waals surface area contributed by atoms with Gasteiger partial charge in [-0.05, 0) is 50.5 Å². The van der Waals surface area contributed by atoms with E-state index in [1.807, 2.05) is 32.9 Å². The van der Waals surface area contributed by atoms with Crippen molar-refractivity contribution in [2.75, 3.05) is 12.3 Å². The van der Waals surface area contributed by atoms with E-state index in [9.17, 15) is 0 Å². The lowest BCUT2D eigenvalue weighted by molar-refractivity contribution is 0.0478.